The highest BCUT2D eigenvalue weighted by Gasteiger charge is 2.05. The molecule has 0 aliphatic heterocycles. The largest absolute Gasteiger partial charge is 0.429 e. The molecule has 0 radical (unpaired) electrons. The summed E-state index contributed by atoms with van der Waals surface area (Å²) in [5.74, 6) is 0.575. The van der Waals surface area contributed by atoms with Crippen LogP contribution in [0.1, 0.15) is 18.1 Å². The summed E-state index contributed by atoms with van der Waals surface area (Å²) in [4.78, 5) is 21.7. The first kappa shape index (κ1) is 15.5. The summed E-state index contributed by atoms with van der Waals surface area (Å²) in [5, 5.41) is 0. The minimum absolute atomic E-state index is 0.363. The molecule has 0 unspecified atom stereocenters. The molecule has 2 rings (SSSR count). The lowest BCUT2D eigenvalue weighted by Crippen LogP contribution is -2.08. The fourth-order valence-corrected chi connectivity index (χ4v) is 1.85. The Hall–Kier alpha value is -2.88. The van der Waals surface area contributed by atoms with Crippen molar-refractivity contribution >= 4 is 12.4 Å². The van der Waals surface area contributed by atoms with Gasteiger partial charge in [-0.05, 0) is 48.7 Å². The average molecular weight is 296 g/mol. The molecule has 0 heterocycles. The molecular weight excluding hydrogens is 280 g/mol. The molecule has 0 bridgehead atoms. The van der Waals surface area contributed by atoms with E-state index in [0.29, 0.717) is 23.5 Å². The molecule has 0 atom stereocenters. The predicted octanol–water partition coefficient (Wildman–Crippen LogP) is 3.29. The van der Waals surface area contributed by atoms with Gasteiger partial charge in [-0.1, -0.05) is 30.8 Å². The summed E-state index contributed by atoms with van der Waals surface area (Å²) < 4.78 is 9.88. The fourth-order valence-electron chi connectivity index (χ4n) is 1.85. The number of rotatable bonds is 6. The SMILES string of the molecule is C=C(C)C(=O)Oc1ccc(Cc2ccc(OC=O)cc2)cc1. The Morgan fingerprint density at radius 3 is 1.95 bits per heavy atom. The van der Waals surface area contributed by atoms with Crippen LogP contribution in [0.4, 0.5) is 0 Å². The number of benzene rings is 2. The maximum atomic E-state index is 11.4. The van der Waals surface area contributed by atoms with Crippen LogP contribution < -0.4 is 9.47 Å². The molecule has 22 heavy (non-hydrogen) atoms. The number of carbonyl (C=O) groups is 2. The van der Waals surface area contributed by atoms with Crippen molar-refractivity contribution in [3.05, 3.63) is 71.8 Å². The van der Waals surface area contributed by atoms with Gasteiger partial charge in [-0.3, -0.25) is 4.79 Å². The molecule has 4 nitrogen and oxygen atoms in total. The van der Waals surface area contributed by atoms with E-state index >= 15 is 0 Å². The van der Waals surface area contributed by atoms with E-state index in [1.807, 2.05) is 24.3 Å². The minimum atomic E-state index is -0.432. The van der Waals surface area contributed by atoms with Crippen LogP contribution in [0, 0.1) is 0 Å². The average Bonchev–Trinajstić information content (AvgIpc) is 2.51. The van der Waals surface area contributed by atoms with E-state index in [0.717, 1.165) is 17.5 Å². The second kappa shape index (κ2) is 7.22. The zero-order chi connectivity index (χ0) is 15.9. The molecule has 4 heteroatoms. The van der Waals surface area contributed by atoms with Gasteiger partial charge in [0, 0.05) is 5.57 Å². The van der Waals surface area contributed by atoms with E-state index in [2.05, 4.69) is 6.58 Å². The van der Waals surface area contributed by atoms with Gasteiger partial charge in [-0.25, -0.2) is 4.79 Å². The van der Waals surface area contributed by atoms with Crippen LogP contribution in [0.15, 0.2) is 60.7 Å². The Kier molecular flexibility index (Phi) is 5.09. The van der Waals surface area contributed by atoms with Crippen LogP contribution in [0.2, 0.25) is 0 Å². The fraction of sp³-hybridized carbons (Fsp3) is 0.111. The lowest BCUT2D eigenvalue weighted by molar-refractivity contribution is -0.130. The molecule has 0 aliphatic rings. The molecular formula is C18H16O4. The van der Waals surface area contributed by atoms with Crippen molar-refractivity contribution in [3.63, 3.8) is 0 Å². The van der Waals surface area contributed by atoms with Gasteiger partial charge in [0.25, 0.3) is 6.47 Å². The molecule has 0 N–H and O–H groups in total. The summed E-state index contributed by atoms with van der Waals surface area (Å²) in [6.07, 6.45) is 0.732. The van der Waals surface area contributed by atoms with E-state index in [4.69, 9.17) is 9.47 Å². The molecule has 0 saturated heterocycles. The summed E-state index contributed by atoms with van der Waals surface area (Å²) in [6.45, 7) is 5.55. The molecule has 0 aromatic heterocycles. The van der Waals surface area contributed by atoms with Gasteiger partial charge in [0.15, 0.2) is 0 Å². The van der Waals surface area contributed by atoms with Crippen LogP contribution in [-0.2, 0) is 16.0 Å². The van der Waals surface area contributed by atoms with Crippen molar-refractivity contribution < 1.29 is 19.1 Å². The number of esters is 1. The summed E-state index contributed by atoms with van der Waals surface area (Å²) >= 11 is 0. The highest BCUT2D eigenvalue weighted by atomic mass is 16.5. The van der Waals surface area contributed by atoms with Crippen molar-refractivity contribution in [3.8, 4) is 11.5 Å². The van der Waals surface area contributed by atoms with Crippen LogP contribution in [-0.4, -0.2) is 12.4 Å². The highest BCUT2D eigenvalue weighted by molar-refractivity contribution is 5.88. The maximum Gasteiger partial charge on any atom is 0.338 e. The Balaban J connectivity index is 2.00. The maximum absolute atomic E-state index is 11.4. The molecule has 0 amide bonds. The summed E-state index contributed by atoms with van der Waals surface area (Å²) in [6, 6.07) is 14.6. The highest BCUT2D eigenvalue weighted by Crippen LogP contribution is 2.18. The zero-order valence-corrected chi connectivity index (χ0v) is 12.2. The van der Waals surface area contributed by atoms with Gasteiger partial charge < -0.3 is 9.47 Å². The third kappa shape index (κ3) is 4.31. The summed E-state index contributed by atoms with van der Waals surface area (Å²) in [7, 11) is 0. The normalized spacial score (nSPS) is 9.86. The smallest absolute Gasteiger partial charge is 0.338 e. The molecule has 0 aliphatic carbocycles. The second-order valence-electron chi connectivity index (χ2n) is 4.85. The first-order valence-corrected chi connectivity index (χ1v) is 6.74. The molecule has 2 aromatic carbocycles. The molecule has 0 spiro atoms. The van der Waals surface area contributed by atoms with Gasteiger partial charge in [-0.15, -0.1) is 0 Å². The van der Waals surface area contributed by atoms with Gasteiger partial charge in [0.1, 0.15) is 11.5 Å². The topological polar surface area (TPSA) is 52.6 Å². The van der Waals surface area contributed by atoms with Crippen LogP contribution in [0.3, 0.4) is 0 Å². The number of hydrogen-bond donors (Lipinski definition) is 0. The standard InChI is InChI=1S/C18H16O4/c1-13(2)18(20)22-17-9-5-15(6-10-17)11-14-3-7-16(8-4-14)21-12-19/h3-10,12H,1,11H2,2H3. The predicted molar refractivity (Wildman–Crippen MR) is 82.8 cm³/mol. The Morgan fingerprint density at radius 1 is 1.00 bits per heavy atom. The molecule has 2 aromatic rings. The van der Waals surface area contributed by atoms with E-state index in [1.54, 1.807) is 31.2 Å². The first-order valence-electron chi connectivity index (χ1n) is 6.74. The monoisotopic (exact) mass is 296 g/mol. The van der Waals surface area contributed by atoms with Crippen LogP contribution in [0.5, 0.6) is 11.5 Å². The molecule has 0 fully saturated rings. The van der Waals surface area contributed by atoms with Crippen molar-refractivity contribution in [2.45, 2.75) is 13.3 Å². The van der Waals surface area contributed by atoms with Crippen molar-refractivity contribution in [2.75, 3.05) is 0 Å². The number of hydrogen-bond acceptors (Lipinski definition) is 4. The molecule has 0 saturated carbocycles. The van der Waals surface area contributed by atoms with Crippen LogP contribution >= 0.6 is 0 Å². The Morgan fingerprint density at radius 2 is 1.50 bits per heavy atom. The van der Waals surface area contributed by atoms with Gasteiger partial charge in [0.2, 0.25) is 0 Å². The second-order valence-corrected chi connectivity index (χ2v) is 4.85. The van der Waals surface area contributed by atoms with Gasteiger partial charge in [0.05, 0.1) is 0 Å². The van der Waals surface area contributed by atoms with E-state index in [9.17, 15) is 9.59 Å². The quantitative estimate of drug-likeness (QED) is 0.355. The van der Waals surface area contributed by atoms with Crippen molar-refractivity contribution in [1.29, 1.82) is 0 Å². The van der Waals surface area contributed by atoms with Crippen LogP contribution in [0.25, 0.3) is 0 Å². The number of carbonyl (C=O) groups excluding carboxylic acids is 2. The van der Waals surface area contributed by atoms with Crippen molar-refractivity contribution in [1.82, 2.24) is 0 Å². The Bertz CT molecular complexity index is 669. The van der Waals surface area contributed by atoms with E-state index in [1.165, 1.54) is 0 Å². The first-order chi connectivity index (χ1) is 10.6. The van der Waals surface area contributed by atoms with Gasteiger partial charge in [-0.2, -0.15) is 0 Å². The Labute approximate surface area is 129 Å². The lowest BCUT2D eigenvalue weighted by Gasteiger charge is -2.06. The molecule has 112 valence electrons. The third-order valence-electron chi connectivity index (χ3n) is 3.00. The van der Waals surface area contributed by atoms with E-state index < -0.39 is 5.97 Å². The van der Waals surface area contributed by atoms with E-state index in [-0.39, 0.29) is 0 Å². The van der Waals surface area contributed by atoms with Crippen molar-refractivity contribution in [2.24, 2.45) is 0 Å². The lowest BCUT2D eigenvalue weighted by atomic mass is 10.0. The van der Waals surface area contributed by atoms with Gasteiger partial charge >= 0.3 is 5.97 Å². The summed E-state index contributed by atoms with van der Waals surface area (Å²) in [5.41, 5.74) is 2.53. The minimum Gasteiger partial charge on any atom is -0.429 e. The third-order valence-corrected chi connectivity index (χ3v) is 3.00. The number of ether oxygens (including phenoxy) is 2. The zero-order valence-electron chi connectivity index (χ0n) is 12.2.